The number of pyridine rings is 1. The van der Waals surface area contributed by atoms with Gasteiger partial charge in [0, 0.05) is 18.4 Å². The molecule has 2 heterocycles. The highest BCUT2D eigenvalue weighted by Crippen LogP contribution is 2.22. The van der Waals surface area contributed by atoms with E-state index in [4.69, 9.17) is 5.73 Å². The number of hydrogen-bond donors (Lipinski definition) is 2. The van der Waals surface area contributed by atoms with Gasteiger partial charge in [-0.3, -0.25) is 4.98 Å². The molecule has 3 nitrogen and oxygen atoms in total. The Bertz CT molecular complexity index is 266. The highest BCUT2D eigenvalue weighted by atomic mass is 14.9. The van der Waals surface area contributed by atoms with Gasteiger partial charge in [-0.2, -0.15) is 0 Å². The molecule has 1 saturated heterocycles. The van der Waals surface area contributed by atoms with Crippen LogP contribution in [0.4, 0.5) is 5.69 Å². The number of aromatic nitrogens is 1. The lowest BCUT2D eigenvalue weighted by atomic mass is 10.1. The molecule has 12 heavy (non-hydrogen) atoms. The summed E-state index contributed by atoms with van der Waals surface area (Å²) in [6, 6.07) is 2.47. The number of nitrogens with zero attached hydrogens (tertiary/aromatic N) is 1. The first-order chi connectivity index (χ1) is 5.86. The lowest BCUT2D eigenvalue weighted by Crippen LogP contribution is -2.13. The third-order valence-corrected chi connectivity index (χ3v) is 2.24. The van der Waals surface area contributed by atoms with E-state index in [2.05, 4.69) is 10.3 Å². The minimum absolute atomic E-state index is 0.473. The fraction of sp³-hybridized carbons (Fsp3) is 0.444. The topological polar surface area (TPSA) is 50.9 Å². The van der Waals surface area contributed by atoms with E-state index in [-0.39, 0.29) is 0 Å². The maximum absolute atomic E-state index is 5.64. The van der Waals surface area contributed by atoms with E-state index in [0.717, 1.165) is 12.2 Å². The standard InChI is InChI=1S/C9H13N3/c10-8-4-7(5-11-6-8)9-2-1-3-12-9/h4-6,9,12H,1-3,10H2/t9-/m0/s1. The number of anilines is 1. The summed E-state index contributed by atoms with van der Waals surface area (Å²) in [4.78, 5) is 4.06. The average Bonchev–Trinajstić information content (AvgIpc) is 2.56. The normalized spacial score (nSPS) is 22.8. The Hall–Kier alpha value is -1.09. The second-order valence-corrected chi connectivity index (χ2v) is 3.20. The molecule has 1 fully saturated rings. The minimum atomic E-state index is 0.473. The van der Waals surface area contributed by atoms with Crippen molar-refractivity contribution < 1.29 is 0 Å². The molecule has 0 aliphatic carbocycles. The smallest absolute Gasteiger partial charge is 0.0503 e. The molecule has 1 aromatic rings. The van der Waals surface area contributed by atoms with Crippen molar-refractivity contribution in [3.05, 3.63) is 24.0 Å². The molecular weight excluding hydrogens is 150 g/mol. The van der Waals surface area contributed by atoms with Crippen LogP contribution in [-0.4, -0.2) is 11.5 Å². The second kappa shape index (κ2) is 3.11. The molecule has 0 saturated carbocycles. The first-order valence-corrected chi connectivity index (χ1v) is 4.30. The van der Waals surface area contributed by atoms with Gasteiger partial charge in [0.25, 0.3) is 0 Å². The van der Waals surface area contributed by atoms with Crippen molar-refractivity contribution in [2.45, 2.75) is 18.9 Å². The Labute approximate surface area is 72.0 Å². The maximum Gasteiger partial charge on any atom is 0.0503 e. The number of nitrogens with two attached hydrogens (primary N) is 1. The average molecular weight is 163 g/mol. The van der Waals surface area contributed by atoms with Crippen molar-refractivity contribution in [2.24, 2.45) is 0 Å². The van der Waals surface area contributed by atoms with Crippen LogP contribution >= 0.6 is 0 Å². The summed E-state index contributed by atoms with van der Waals surface area (Å²) in [5, 5.41) is 3.40. The van der Waals surface area contributed by atoms with Crippen molar-refractivity contribution >= 4 is 5.69 Å². The van der Waals surface area contributed by atoms with Crippen LogP contribution in [0, 0.1) is 0 Å². The van der Waals surface area contributed by atoms with Crippen molar-refractivity contribution in [2.75, 3.05) is 12.3 Å². The summed E-state index contributed by atoms with van der Waals surface area (Å²) in [6.07, 6.45) is 6.02. The van der Waals surface area contributed by atoms with Gasteiger partial charge in [-0.25, -0.2) is 0 Å². The zero-order valence-corrected chi connectivity index (χ0v) is 6.96. The lowest BCUT2D eigenvalue weighted by Gasteiger charge is -2.09. The SMILES string of the molecule is Nc1cncc([C@@H]2CCCN2)c1. The van der Waals surface area contributed by atoms with Crippen LogP contribution < -0.4 is 11.1 Å². The third-order valence-electron chi connectivity index (χ3n) is 2.24. The molecule has 0 spiro atoms. The highest BCUT2D eigenvalue weighted by molar-refractivity contribution is 5.38. The molecule has 1 aliphatic heterocycles. The number of hydrogen-bond acceptors (Lipinski definition) is 3. The summed E-state index contributed by atoms with van der Waals surface area (Å²) in [5.41, 5.74) is 7.60. The molecule has 1 aromatic heterocycles. The molecule has 0 aromatic carbocycles. The highest BCUT2D eigenvalue weighted by Gasteiger charge is 2.15. The van der Waals surface area contributed by atoms with E-state index in [0.29, 0.717) is 6.04 Å². The number of nitrogen functional groups attached to an aromatic ring is 1. The Morgan fingerprint density at radius 2 is 2.42 bits per heavy atom. The van der Waals surface area contributed by atoms with Crippen LogP contribution in [0.25, 0.3) is 0 Å². The molecule has 2 rings (SSSR count). The van der Waals surface area contributed by atoms with E-state index < -0.39 is 0 Å². The molecule has 3 N–H and O–H groups in total. The third kappa shape index (κ3) is 1.41. The van der Waals surface area contributed by atoms with Gasteiger partial charge in [-0.15, -0.1) is 0 Å². The van der Waals surface area contributed by atoms with E-state index in [9.17, 15) is 0 Å². The van der Waals surface area contributed by atoms with Crippen LogP contribution in [0.2, 0.25) is 0 Å². The first-order valence-electron chi connectivity index (χ1n) is 4.30. The molecule has 0 unspecified atom stereocenters. The van der Waals surface area contributed by atoms with Crippen LogP contribution in [0.1, 0.15) is 24.4 Å². The van der Waals surface area contributed by atoms with E-state index in [1.807, 2.05) is 12.3 Å². The van der Waals surface area contributed by atoms with Crippen LogP contribution in [0.5, 0.6) is 0 Å². The second-order valence-electron chi connectivity index (χ2n) is 3.20. The van der Waals surface area contributed by atoms with Gasteiger partial charge in [0.2, 0.25) is 0 Å². The van der Waals surface area contributed by atoms with Crippen molar-refractivity contribution in [3.8, 4) is 0 Å². The predicted molar refractivity (Wildman–Crippen MR) is 48.6 cm³/mol. The minimum Gasteiger partial charge on any atom is -0.397 e. The first kappa shape index (κ1) is 7.55. The van der Waals surface area contributed by atoms with E-state index >= 15 is 0 Å². The largest absolute Gasteiger partial charge is 0.397 e. The van der Waals surface area contributed by atoms with Gasteiger partial charge >= 0.3 is 0 Å². The van der Waals surface area contributed by atoms with Gasteiger partial charge in [-0.05, 0) is 31.0 Å². The van der Waals surface area contributed by atoms with E-state index in [1.165, 1.54) is 18.4 Å². The maximum atomic E-state index is 5.64. The predicted octanol–water partition coefficient (Wildman–Crippen LogP) is 1.09. The number of rotatable bonds is 1. The van der Waals surface area contributed by atoms with Gasteiger partial charge in [-0.1, -0.05) is 0 Å². The molecular formula is C9H13N3. The molecule has 1 atom stereocenters. The summed E-state index contributed by atoms with van der Waals surface area (Å²) < 4.78 is 0. The van der Waals surface area contributed by atoms with Gasteiger partial charge < -0.3 is 11.1 Å². The van der Waals surface area contributed by atoms with Crippen molar-refractivity contribution in [1.29, 1.82) is 0 Å². The molecule has 0 amide bonds. The lowest BCUT2D eigenvalue weighted by molar-refractivity contribution is 0.645. The van der Waals surface area contributed by atoms with Crippen molar-refractivity contribution in [1.82, 2.24) is 10.3 Å². The summed E-state index contributed by atoms with van der Waals surface area (Å²) >= 11 is 0. The van der Waals surface area contributed by atoms with Gasteiger partial charge in [0.15, 0.2) is 0 Å². The molecule has 64 valence electrons. The quantitative estimate of drug-likeness (QED) is 0.651. The Morgan fingerprint density at radius 3 is 3.08 bits per heavy atom. The van der Waals surface area contributed by atoms with Crippen molar-refractivity contribution in [3.63, 3.8) is 0 Å². The summed E-state index contributed by atoms with van der Waals surface area (Å²) in [5.74, 6) is 0. The molecule has 0 radical (unpaired) electrons. The summed E-state index contributed by atoms with van der Waals surface area (Å²) in [7, 11) is 0. The van der Waals surface area contributed by atoms with Crippen LogP contribution in [-0.2, 0) is 0 Å². The Morgan fingerprint density at radius 1 is 1.50 bits per heavy atom. The van der Waals surface area contributed by atoms with Gasteiger partial charge in [0.05, 0.1) is 5.69 Å². The monoisotopic (exact) mass is 163 g/mol. The summed E-state index contributed by atoms with van der Waals surface area (Å²) in [6.45, 7) is 1.11. The number of nitrogens with one attached hydrogen (secondary N) is 1. The zero-order chi connectivity index (χ0) is 8.39. The zero-order valence-electron chi connectivity index (χ0n) is 6.96. The van der Waals surface area contributed by atoms with Gasteiger partial charge in [0.1, 0.15) is 0 Å². The Kier molecular flexibility index (Phi) is 1.96. The molecule has 3 heteroatoms. The van der Waals surface area contributed by atoms with Crippen LogP contribution in [0.3, 0.4) is 0 Å². The fourth-order valence-electron chi connectivity index (χ4n) is 1.64. The fourth-order valence-corrected chi connectivity index (χ4v) is 1.64. The molecule has 1 aliphatic rings. The Balaban J connectivity index is 2.21. The molecule has 0 bridgehead atoms. The van der Waals surface area contributed by atoms with Crippen LogP contribution in [0.15, 0.2) is 18.5 Å². The van der Waals surface area contributed by atoms with E-state index in [1.54, 1.807) is 6.20 Å².